The molecule has 4 rings (SSSR count). The molecule has 1 amide bonds. The van der Waals surface area contributed by atoms with Crippen molar-refractivity contribution in [1.82, 2.24) is 14.7 Å². The van der Waals surface area contributed by atoms with Gasteiger partial charge in [-0.2, -0.15) is 0 Å². The molecule has 30 heavy (non-hydrogen) atoms. The molecule has 166 valence electrons. The predicted octanol–water partition coefficient (Wildman–Crippen LogP) is 2.83. The van der Waals surface area contributed by atoms with Crippen LogP contribution in [0.25, 0.3) is 0 Å². The zero-order valence-corrected chi connectivity index (χ0v) is 18.9. The second kappa shape index (κ2) is 10.3. The molecular formula is C25H39N3O2. The summed E-state index contributed by atoms with van der Waals surface area (Å²) in [6.07, 6.45) is 8.05. The molecule has 2 fully saturated rings. The van der Waals surface area contributed by atoms with Crippen LogP contribution >= 0.6 is 0 Å². The fourth-order valence-corrected chi connectivity index (χ4v) is 5.82. The van der Waals surface area contributed by atoms with E-state index in [1.165, 1.54) is 38.8 Å². The summed E-state index contributed by atoms with van der Waals surface area (Å²) in [4.78, 5) is 20.2. The minimum absolute atomic E-state index is 0.175. The van der Waals surface area contributed by atoms with E-state index >= 15 is 0 Å². The molecule has 0 saturated carbocycles. The van der Waals surface area contributed by atoms with Gasteiger partial charge in [0.2, 0.25) is 5.91 Å². The molecule has 1 atom stereocenters. The largest absolute Gasteiger partial charge is 0.385 e. The summed E-state index contributed by atoms with van der Waals surface area (Å²) < 4.78 is 5.13. The number of carbonyl (C=O) groups excluding carboxylic acids is 1. The first-order valence-electron chi connectivity index (χ1n) is 11.9. The van der Waals surface area contributed by atoms with Crippen molar-refractivity contribution in [3.05, 3.63) is 35.4 Å². The Morgan fingerprint density at radius 2 is 1.73 bits per heavy atom. The van der Waals surface area contributed by atoms with Crippen LogP contribution in [0, 0.1) is 5.92 Å². The molecule has 3 aliphatic rings. The van der Waals surface area contributed by atoms with Gasteiger partial charge in [0, 0.05) is 45.9 Å². The van der Waals surface area contributed by atoms with E-state index in [4.69, 9.17) is 4.74 Å². The first-order chi connectivity index (χ1) is 14.7. The molecule has 0 aromatic heterocycles. The minimum Gasteiger partial charge on any atom is -0.385 e. The molecule has 2 heterocycles. The lowest BCUT2D eigenvalue weighted by atomic mass is 9.92. The van der Waals surface area contributed by atoms with Crippen LogP contribution in [0.3, 0.4) is 0 Å². The molecule has 1 aromatic carbocycles. The lowest BCUT2D eigenvalue weighted by molar-refractivity contribution is -0.136. The molecule has 2 aliphatic heterocycles. The highest BCUT2D eigenvalue weighted by Crippen LogP contribution is 2.30. The molecule has 5 heteroatoms. The van der Waals surface area contributed by atoms with Gasteiger partial charge in [-0.05, 0) is 75.7 Å². The minimum atomic E-state index is 0.175. The van der Waals surface area contributed by atoms with E-state index in [0.717, 1.165) is 45.5 Å². The number of benzene rings is 1. The number of hydrogen-bond acceptors (Lipinski definition) is 4. The van der Waals surface area contributed by atoms with Crippen LogP contribution in [0.15, 0.2) is 24.3 Å². The number of hydrogen-bond donors (Lipinski definition) is 0. The van der Waals surface area contributed by atoms with Gasteiger partial charge in [0.25, 0.3) is 0 Å². The Kier molecular flexibility index (Phi) is 7.45. The fraction of sp³-hybridized carbons (Fsp3) is 0.720. The molecule has 0 bridgehead atoms. The Morgan fingerprint density at radius 1 is 1.03 bits per heavy atom. The predicted molar refractivity (Wildman–Crippen MR) is 121 cm³/mol. The third kappa shape index (κ3) is 5.06. The molecule has 0 unspecified atom stereocenters. The van der Waals surface area contributed by atoms with Gasteiger partial charge < -0.3 is 9.64 Å². The van der Waals surface area contributed by atoms with Gasteiger partial charge in [-0.1, -0.05) is 24.3 Å². The van der Waals surface area contributed by atoms with E-state index < -0.39 is 0 Å². The number of nitrogens with zero attached hydrogens (tertiary/aromatic N) is 3. The van der Waals surface area contributed by atoms with E-state index in [2.05, 4.69) is 34.1 Å². The van der Waals surface area contributed by atoms with Crippen LogP contribution in [0.5, 0.6) is 0 Å². The maximum absolute atomic E-state index is 12.9. The number of methoxy groups -OCH3 is 1. The Hall–Kier alpha value is -1.43. The summed E-state index contributed by atoms with van der Waals surface area (Å²) in [5, 5.41) is 0. The second-order valence-corrected chi connectivity index (χ2v) is 9.54. The van der Waals surface area contributed by atoms with Gasteiger partial charge in [0.15, 0.2) is 0 Å². The van der Waals surface area contributed by atoms with Crippen LogP contribution in [0.4, 0.5) is 0 Å². The number of carbonyl (C=O) groups is 1. The fourth-order valence-electron chi connectivity index (χ4n) is 5.82. The van der Waals surface area contributed by atoms with Gasteiger partial charge >= 0.3 is 0 Å². The Bertz CT molecular complexity index is 676. The van der Waals surface area contributed by atoms with Crippen molar-refractivity contribution in [3.8, 4) is 0 Å². The second-order valence-electron chi connectivity index (χ2n) is 9.54. The number of amides is 1. The third-order valence-corrected chi connectivity index (χ3v) is 7.58. The van der Waals surface area contributed by atoms with Gasteiger partial charge in [-0.3, -0.25) is 14.6 Å². The summed E-state index contributed by atoms with van der Waals surface area (Å²) >= 11 is 0. The Morgan fingerprint density at radius 3 is 2.40 bits per heavy atom. The van der Waals surface area contributed by atoms with E-state index in [1.54, 1.807) is 18.2 Å². The first-order valence-corrected chi connectivity index (χ1v) is 11.9. The highest BCUT2D eigenvalue weighted by Gasteiger charge is 2.35. The maximum Gasteiger partial charge on any atom is 0.226 e. The van der Waals surface area contributed by atoms with Gasteiger partial charge in [0.1, 0.15) is 0 Å². The van der Waals surface area contributed by atoms with Crippen LogP contribution in [0.2, 0.25) is 0 Å². The zero-order valence-electron chi connectivity index (χ0n) is 18.9. The lowest BCUT2D eigenvalue weighted by Gasteiger charge is -2.43. The van der Waals surface area contributed by atoms with Gasteiger partial charge in [-0.15, -0.1) is 0 Å². The van der Waals surface area contributed by atoms with Crippen molar-refractivity contribution >= 4 is 5.91 Å². The molecule has 1 aromatic rings. The smallest absolute Gasteiger partial charge is 0.226 e. The van der Waals surface area contributed by atoms with E-state index in [-0.39, 0.29) is 5.92 Å². The van der Waals surface area contributed by atoms with Crippen molar-refractivity contribution in [3.63, 3.8) is 0 Å². The summed E-state index contributed by atoms with van der Waals surface area (Å²) in [6, 6.07) is 10.3. The Labute approximate surface area is 182 Å². The molecule has 0 radical (unpaired) electrons. The average molecular weight is 414 g/mol. The molecule has 1 aliphatic carbocycles. The van der Waals surface area contributed by atoms with Crippen LogP contribution in [-0.4, -0.2) is 86.2 Å². The highest BCUT2D eigenvalue weighted by atomic mass is 16.5. The molecule has 0 N–H and O–H groups in total. The van der Waals surface area contributed by atoms with Crippen molar-refractivity contribution in [2.24, 2.45) is 5.92 Å². The highest BCUT2D eigenvalue weighted by molar-refractivity contribution is 5.78. The zero-order chi connectivity index (χ0) is 20.9. The molecular weight excluding hydrogens is 374 g/mol. The summed E-state index contributed by atoms with van der Waals surface area (Å²) in [5.41, 5.74) is 3.10. The molecule has 0 spiro atoms. The summed E-state index contributed by atoms with van der Waals surface area (Å²) in [6.45, 7) is 6.04. The van der Waals surface area contributed by atoms with Crippen LogP contribution in [0.1, 0.15) is 43.2 Å². The van der Waals surface area contributed by atoms with Crippen LogP contribution in [-0.2, 0) is 22.4 Å². The number of rotatable bonds is 7. The van der Waals surface area contributed by atoms with Crippen molar-refractivity contribution < 1.29 is 9.53 Å². The molecule has 2 saturated heterocycles. The van der Waals surface area contributed by atoms with Gasteiger partial charge in [-0.25, -0.2) is 0 Å². The quantitative estimate of drug-likeness (QED) is 0.644. The normalized spacial score (nSPS) is 24.1. The van der Waals surface area contributed by atoms with Crippen molar-refractivity contribution in [2.45, 2.75) is 57.0 Å². The van der Waals surface area contributed by atoms with Crippen LogP contribution < -0.4 is 0 Å². The summed E-state index contributed by atoms with van der Waals surface area (Å²) in [5.74, 6) is 0.505. The van der Waals surface area contributed by atoms with E-state index in [9.17, 15) is 4.79 Å². The molecule has 5 nitrogen and oxygen atoms in total. The number of ether oxygens (including phenoxy) is 1. The summed E-state index contributed by atoms with van der Waals surface area (Å²) in [7, 11) is 3.67. The van der Waals surface area contributed by atoms with E-state index in [1.807, 2.05) is 11.9 Å². The standard InChI is InChI=1S/C25H39N3O2/c1-26(12-6-16-30-2)25(29)22-9-5-13-28(19-22)23-10-14-27(15-11-23)24-17-20-7-3-4-8-21(20)18-24/h3-4,7-8,22-24H,5-6,9-19H2,1-2H3/t22-/m0/s1. The topological polar surface area (TPSA) is 36.0 Å². The Balaban J connectivity index is 1.24. The van der Waals surface area contributed by atoms with Crippen molar-refractivity contribution in [2.75, 3.05) is 53.5 Å². The monoisotopic (exact) mass is 413 g/mol. The van der Waals surface area contributed by atoms with Crippen molar-refractivity contribution in [1.29, 1.82) is 0 Å². The third-order valence-electron chi connectivity index (χ3n) is 7.58. The first kappa shape index (κ1) is 21.8. The van der Waals surface area contributed by atoms with E-state index in [0.29, 0.717) is 18.0 Å². The number of fused-ring (bicyclic) bond motifs is 1. The average Bonchev–Trinajstić information content (AvgIpc) is 3.23. The number of likely N-dealkylation sites (tertiary alicyclic amines) is 2. The maximum atomic E-state index is 12.9. The SMILES string of the molecule is COCCCN(C)C(=O)[C@H]1CCCN(C2CCN(C3Cc4ccccc4C3)CC2)C1. The lowest BCUT2D eigenvalue weighted by Crippen LogP contribution is -2.52. The van der Waals surface area contributed by atoms with Gasteiger partial charge in [0.05, 0.1) is 5.92 Å². The number of piperidine rings is 2.